The molecule has 0 bridgehead atoms. The molecular weight excluding hydrogens is 475 g/mol. The van der Waals surface area contributed by atoms with E-state index in [-0.39, 0.29) is 5.91 Å². The van der Waals surface area contributed by atoms with Gasteiger partial charge in [-0.3, -0.25) is 4.79 Å². The van der Waals surface area contributed by atoms with Crippen molar-refractivity contribution in [1.29, 1.82) is 0 Å². The standard InChI is InChI=1S/C26H26Cl2N2O4/c1-3-12-33-23-11-10-20(15-24(23)32-4-2)26(31)30-29-16-19-13-21(27)25(22(28)14-19)34-17-18-8-6-5-7-9-18/h5-11,13-16H,3-4,12,17H2,1-2H3,(H,30,31)/b29-16+. The minimum absolute atomic E-state index is 0.343. The summed E-state index contributed by atoms with van der Waals surface area (Å²) in [5.41, 5.74) is 4.50. The fourth-order valence-corrected chi connectivity index (χ4v) is 3.61. The molecule has 0 aliphatic heterocycles. The van der Waals surface area contributed by atoms with Crippen LogP contribution < -0.4 is 19.6 Å². The Morgan fingerprint density at radius 3 is 2.35 bits per heavy atom. The number of hydrogen-bond donors (Lipinski definition) is 1. The molecule has 3 aromatic rings. The van der Waals surface area contributed by atoms with E-state index >= 15 is 0 Å². The summed E-state index contributed by atoms with van der Waals surface area (Å²) >= 11 is 12.7. The maximum Gasteiger partial charge on any atom is 0.271 e. The molecule has 0 fully saturated rings. The first-order valence-electron chi connectivity index (χ1n) is 10.9. The Labute approximate surface area is 209 Å². The summed E-state index contributed by atoms with van der Waals surface area (Å²) in [6.45, 7) is 5.26. The maximum absolute atomic E-state index is 12.5. The highest BCUT2D eigenvalue weighted by Crippen LogP contribution is 2.34. The van der Waals surface area contributed by atoms with Gasteiger partial charge in [-0.2, -0.15) is 5.10 Å². The van der Waals surface area contributed by atoms with Gasteiger partial charge in [-0.05, 0) is 54.8 Å². The lowest BCUT2D eigenvalue weighted by Crippen LogP contribution is -2.17. The van der Waals surface area contributed by atoms with E-state index in [1.807, 2.05) is 44.2 Å². The second kappa shape index (κ2) is 12.9. The smallest absolute Gasteiger partial charge is 0.271 e. The van der Waals surface area contributed by atoms with Gasteiger partial charge in [-0.25, -0.2) is 5.43 Å². The number of carbonyl (C=O) groups is 1. The third kappa shape index (κ3) is 7.14. The van der Waals surface area contributed by atoms with Crippen LogP contribution in [0.3, 0.4) is 0 Å². The predicted octanol–water partition coefficient (Wildman–Crippen LogP) is 6.52. The molecule has 34 heavy (non-hydrogen) atoms. The van der Waals surface area contributed by atoms with E-state index < -0.39 is 0 Å². The number of nitrogens with one attached hydrogen (secondary N) is 1. The van der Waals surface area contributed by atoms with Crippen molar-refractivity contribution in [3.8, 4) is 17.2 Å². The zero-order valence-corrected chi connectivity index (χ0v) is 20.5. The molecule has 0 aliphatic carbocycles. The van der Waals surface area contributed by atoms with E-state index in [2.05, 4.69) is 10.5 Å². The van der Waals surface area contributed by atoms with Crippen LogP contribution in [0.4, 0.5) is 0 Å². The highest BCUT2D eigenvalue weighted by atomic mass is 35.5. The molecule has 0 aliphatic rings. The molecule has 1 amide bonds. The van der Waals surface area contributed by atoms with Gasteiger partial charge >= 0.3 is 0 Å². The van der Waals surface area contributed by atoms with Gasteiger partial charge < -0.3 is 14.2 Å². The normalized spacial score (nSPS) is 10.8. The van der Waals surface area contributed by atoms with Gasteiger partial charge in [-0.15, -0.1) is 0 Å². The SMILES string of the molecule is CCCOc1ccc(C(=O)N/N=C/c2cc(Cl)c(OCc3ccccc3)c(Cl)c2)cc1OCC. The Hall–Kier alpha value is -3.22. The van der Waals surface area contributed by atoms with Gasteiger partial charge in [0.1, 0.15) is 6.61 Å². The Balaban J connectivity index is 1.64. The molecule has 1 N–H and O–H groups in total. The summed E-state index contributed by atoms with van der Waals surface area (Å²) in [5, 5.41) is 4.71. The molecule has 0 aromatic heterocycles. The van der Waals surface area contributed by atoms with E-state index in [0.717, 1.165) is 12.0 Å². The Bertz CT molecular complexity index is 1110. The summed E-state index contributed by atoms with van der Waals surface area (Å²) < 4.78 is 17.0. The van der Waals surface area contributed by atoms with Crippen LogP contribution in [-0.2, 0) is 6.61 Å². The minimum Gasteiger partial charge on any atom is -0.490 e. The van der Waals surface area contributed by atoms with Crippen LogP contribution in [0.15, 0.2) is 65.8 Å². The van der Waals surface area contributed by atoms with Crippen LogP contribution >= 0.6 is 23.2 Å². The molecule has 3 rings (SSSR count). The van der Waals surface area contributed by atoms with Gasteiger partial charge in [-0.1, -0.05) is 60.5 Å². The van der Waals surface area contributed by atoms with Crippen LogP contribution in [0.5, 0.6) is 17.2 Å². The van der Waals surface area contributed by atoms with Crippen LogP contribution in [0.2, 0.25) is 10.0 Å². The average molecular weight is 501 g/mol. The van der Waals surface area contributed by atoms with E-state index in [4.69, 9.17) is 37.4 Å². The lowest BCUT2D eigenvalue weighted by atomic mass is 10.2. The zero-order valence-electron chi connectivity index (χ0n) is 19.0. The molecule has 8 heteroatoms. The lowest BCUT2D eigenvalue weighted by Gasteiger charge is -2.12. The van der Waals surface area contributed by atoms with Crippen molar-refractivity contribution in [3.05, 3.63) is 87.4 Å². The number of benzene rings is 3. The first kappa shape index (κ1) is 25.4. The highest BCUT2D eigenvalue weighted by Gasteiger charge is 2.12. The Kier molecular flexibility index (Phi) is 9.62. The first-order valence-corrected chi connectivity index (χ1v) is 11.7. The monoisotopic (exact) mass is 500 g/mol. The number of rotatable bonds is 11. The van der Waals surface area contributed by atoms with Crippen molar-refractivity contribution in [2.24, 2.45) is 5.10 Å². The number of halogens is 2. The maximum atomic E-state index is 12.5. The number of hydrogen-bond acceptors (Lipinski definition) is 5. The van der Waals surface area contributed by atoms with Crippen LogP contribution in [0.25, 0.3) is 0 Å². The van der Waals surface area contributed by atoms with Crippen molar-refractivity contribution < 1.29 is 19.0 Å². The van der Waals surface area contributed by atoms with Gasteiger partial charge in [0.25, 0.3) is 5.91 Å². The fraction of sp³-hybridized carbons (Fsp3) is 0.231. The number of hydrazone groups is 1. The number of carbonyl (C=O) groups excluding carboxylic acids is 1. The molecule has 0 unspecified atom stereocenters. The fourth-order valence-electron chi connectivity index (χ4n) is 3.00. The first-order chi connectivity index (χ1) is 16.5. The summed E-state index contributed by atoms with van der Waals surface area (Å²) in [6.07, 6.45) is 2.33. The largest absolute Gasteiger partial charge is 0.490 e. The molecule has 0 saturated carbocycles. The van der Waals surface area contributed by atoms with Gasteiger partial charge in [0.2, 0.25) is 0 Å². The van der Waals surface area contributed by atoms with Crippen molar-refractivity contribution in [3.63, 3.8) is 0 Å². The molecule has 6 nitrogen and oxygen atoms in total. The quantitative estimate of drug-likeness (QED) is 0.240. The summed E-state index contributed by atoms with van der Waals surface area (Å²) in [4.78, 5) is 12.5. The summed E-state index contributed by atoms with van der Waals surface area (Å²) in [5.74, 6) is 1.11. The topological polar surface area (TPSA) is 69.2 Å². The van der Waals surface area contributed by atoms with Crippen molar-refractivity contribution >= 4 is 35.3 Å². The second-order valence-electron chi connectivity index (χ2n) is 7.23. The molecule has 0 saturated heterocycles. The van der Waals surface area contributed by atoms with Crippen LogP contribution in [-0.4, -0.2) is 25.3 Å². The van der Waals surface area contributed by atoms with E-state index in [1.54, 1.807) is 30.3 Å². The Morgan fingerprint density at radius 1 is 0.941 bits per heavy atom. The second-order valence-corrected chi connectivity index (χ2v) is 8.04. The molecule has 0 spiro atoms. The minimum atomic E-state index is -0.390. The van der Waals surface area contributed by atoms with E-state index in [9.17, 15) is 4.79 Å². The van der Waals surface area contributed by atoms with Gasteiger partial charge in [0.15, 0.2) is 17.2 Å². The average Bonchev–Trinajstić information content (AvgIpc) is 2.83. The molecule has 178 valence electrons. The molecule has 0 heterocycles. The highest BCUT2D eigenvalue weighted by molar-refractivity contribution is 6.37. The van der Waals surface area contributed by atoms with Crippen molar-refractivity contribution in [2.45, 2.75) is 26.9 Å². The molecule has 0 atom stereocenters. The third-order valence-electron chi connectivity index (χ3n) is 4.59. The lowest BCUT2D eigenvalue weighted by molar-refractivity contribution is 0.0954. The summed E-state index contributed by atoms with van der Waals surface area (Å²) in [6, 6.07) is 18.0. The molecule has 3 aromatic carbocycles. The van der Waals surface area contributed by atoms with E-state index in [0.29, 0.717) is 58.2 Å². The summed E-state index contributed by atoms with van der Waals surface area (Å²) in [7, 11) is 0. The van der Waals surface area contributed by atoms with Gasteiger partial charge in [0.05, 0.1) is 29.5 Å². The zero-order chi connectivity index (χ0) is 24.3. The number of amides is 1. The van der Waals surface area contributed by atoms with Crippen LogP contribution in [0.1, 0.15) is 41.8 Å². The van der Waals surface area contributed by atoms with Crippen molar-refractivity contribution in [1.82, 2.24) is 5.43 Å². The third-order valence-corrected chi connectivity index (χ3v) is 5.16. The molecular formula is C26H26Cl2N2O4. The van der Waals surface area contributed by atoms with Crippen LogP contribution in [0, 0.1) is 0 Å². The number of ether oxygens (including phenoxy) is 3. The van der Waals surface area contributed by atoms with E-state index in [1.165, 1.54) is 6.21 Å². The predicted molar refractivity (Wildman–Crippen MR) is 136 cm³/mol. The number of nitrogens with zero attached hydrogens (tertiary/aromatic N) is 1. The van der Waals surface area contributed by atoms with Gasteiger partial charge in [0, 0.05) is 5.56 Å². The molecule has 0 radical (unpaired) electrons. The van der Waals surface area contributed by atoms with Crippen molar-refractivity contribution in [2.75, 3.05) is 13.2 Å². The Morgan fingerprint density at radius 2 is 1.68 bits per heavy atom.